The highest BCUT2D eigenvalue weighted by molar-refractivity contribution is 6.02. The molecule has 0 saturated carbocycles. The molecule has 0 aromatic heterocycles. The maximum absolute atomic E-state index is 13.7. The summed E-state index contributed by atoms with van der Waals surface area (Å²) >= 11 is 0. The largest absolute Gasteiger partial charge is 0.466 e. The molecule has 3 rings (SSSR count). The van der Waals surface area contributed by atoms with E-state index in [-0.39, 0.29) is 42.8 Å². The molecule has 1 heterocycles. The Morgan fingerprint density at radius 3 is 2.41 bits per heavy atom. The zero-order chi connectivity index (χ0) is 24.8. The zero-order valence-electron chi connectivity index (χ0n) is 20.8. The first kappa shape index (κ1) is 25.9. The summed E-state index contributed by atoms with van der Waals surface area (Å²) in [6.07, 6.45) is 7.08. The quantitative estimate of drug-likeness (QED) is 0.309. The van der Waals surface area contributed by atoms with Crippen molar-refractivity contribution in [2.24, 2.45) is 23.7 Å². The first-order valence-corrected chi connectivity index (χ1v) is 12.4. The number of nitrogens with zero attached hydrogens (tertiary/aromatic N) is 1. The molecule has 2 N–H and O–H groups in total. The number of anilines is 1. The highest BCUT2D eigenvalue weighted by Crippen LogP contribution is 2.44. The Labute approximate surface area is 202 Å². The maximum Gasteiger partial charge on any atom is 0.310 e. The Balaban J connectivity index is 1.91. The van der Waals surface area contributed by atoms with Crippen molar-refractivity contribution in [3.63, 3.8) is 0 Å². The van der Waals surface area contributed by atoms with E-state index in [4.69, 9.17) is 9.84 Å². The van der Waals surface area contributed by atoms with Gasteiger partial charge in [-0.3, -0.25) is 14.4 Å². The Morgan fingerprint density at radius 1 is 1.09 bits per heavy atom. The van der Waals surface area contributed by atoms with Gasteiger partial charge in [0.05, 0.1) is 18.4 Å². The predicted octanol–water partition coefficient (Wildman–Crippen LogP) is 3.62. The Bertz CT molecular complexity index is 907. The highest BCUT2D eigenvalue weighted by Gasteiger charge is 2.56. The molecule has 0 bridgehead atoms. The molecule has 2 amide bonds. The van der Waals surface area contributed by atoms with Gasteiger partial charge < -0.3 is 20.1 Å². The van der Waals surface area contributed by atoms with Gasteiger partial charge in [-0.15, -0.1) is 0 Å². The third kappa shape index (κ3) is 5.35. The molecule has 1 saturated heterocycles. The summed E-state index contributed by atoms with van der Waals surface area (Å²) in [5, 5.41) is 12.1. The fourth-order valence-electron chi connectivity index (χ4n) is 5.39. The lowest BCUT2D eigenvalue weighted by Gasteiger charge is -2.32. The molecule has 7 nitrogen and oxygen atoms in total. The first-order chi connectivity index (χ1) is 16.3. The first-order valence-electron chi connectivity index (χ1n) is 12.4. The number of rotatable bonds is 10. The molecule has 1 aromatic rings. The van der Waals surface area contributed by atoms with Crippen LogP contribution in [0.3, 0.4) is 0 Å². The van der Waals surface area contributed by atoms with E-state index >= 15 is 0 Å². The number of aliphatic hydroxyl groups excluding tert-OH is 1. The number of benzene rings is 1. The van der Waals surface area contributed by atoms with Gasteiger partial charge in [0.1, 0.15) is 6.04 Å². The lowest BCUT2D eigenvalue weighted by Crippen LogP contribution is -2.44. The van der Waals surface area contributed by atoms with E-state index in [1.165, 1.54) is 0 Å². The number of esters is 1. The molecule has 2 aliphatic rings. The number of hydrogen-bond donors (Lipinski definition) is 2. The van der Waals surface area contributed by atoms with Crippen molar-refractivity contribution in [3.8, 4) is 0 Å². The van der Waals surface area contributed by atoms with Gasteiger partial charge in [-0.05, 0) is 50.7 Å². The number of fused-ring (bicyclic) bond motifs is 1. The van der Waals surface area contributed by atoms with Crippen LogP contribution in [0.4, 0.5) is 5.69 Å². The van der Waals surface area contributed by atoms with Crippen LogP contribution in [0.2, 0.25) is 0 Å². The third-order valence-electron chi connectivity index (χ3n) is 7.14. The topological polar surface area (TPSA) is 95.9 Å². The number of amides is 2. The van der Waals surface area contributed by atoms with Crippen molar-refractivity contribution in [2.45, 2.75) is 59.4 Å². The van der Waals surface area contributed by atoms with Gasteiger partial charge in [0.25, 0.3) is 0 Å². The second-order valence-electron chi connectivity index (χ2n) is 9.50. The van der Waals surface area contributed by atoms with E-state index in [2.05, 4.69) is 5.32 Å². The number of unbranched alkanes of at least 4 members (excludes halogenated alkanes) is 3. The highest BCUT2D eigenvalue weighted by atomic mass is 16.5. The fourth-order valence-corrected chi connectivity index (χ4v) is 5.39. The monoisotopic (exact) mass is 470 g/mol. The summed E-state index contributed by atoms with van der Waals surface area (Å²) < 4.78 is 5.32. The molecule has 1 aliphatic carbocycles. The van der Waals surface area contributed by atoms with Gasteiger partial charge in [0.2, 0.25) is 11.8 Å². The maximum atomic E-state index is 13.7. The van der Waals surface area contributed by atoms with Gasteiger partial charge in [-0.25, -0.2) is 0 Å². The lowest BCUT2D eigenvalue weighted by atomic mass is 9.70. The number of aliphatic hydroxyl groups is 1. The number of allylic oxidation sites excluding steroid dienone is 1. The SMILES string of the molecule is CCOC(=O)[C@H]1[C@H]2C(=O)N(CCCCCCO)[C@H](C(=O)Nc3c(C)cccc3C)[C@H]2C=C[C@H]1C. The van der Waals surface area contributed by atoms with Crippen LogP contribution in [0.15, 0.2) is 30.4 Å². The van der Waals surface area contributed by atoms with Gasteiger partial charge in [-0.1, -0.05) is 50.1 Å². The van der Waals surface area contributed by atoms with E-state index in [9.17, 15) is 14.4 Å². The van der Waals surface area contributed by atoms with Crippen molar-refractivity contribution in [1.29, 1.82) is 0 Å². The number of carbonyl (C=O) groups excluding carboxylic acids is 3. The van der Waals surface area contributed by atoms with Gasteiger partial charge in [0.15, 0.2) is 0 Å². The average Bonchev–Trinajstić information content (AvgIpc) is 3.08. The van der Waals surface area contributed by atoms with Crippen LogP contribution >= 0.6 is 0 Å². The van der Waals surface area contributed by atoms with Crippen molar-refractivity contribution in [1.82, 2.24) is 4.90 Å². The predicted molar refractivity (Wildman–Crippen MR) is 131 cm³/mol. The van der Waals surface area contributed by atoms with Crippen LogP contribution in [0.1, 0.15) is 50.7 Å². The normalized spacial score (nSPS) is 25.9. The number of aryl methyl sites for hydroxylation is 2. The van der Waals surface area contributed by atoms with Crippen LogP contribution in [-0.4, -0.2) is 53.6 Å². The second kappa shape index (κ2) is 11.6. The summed E-state index contributed by atoms with van der Waals surface area (Å²) in [6.45, 7) is 8.42. The average molecular weight is 471 g/mol. The number of likely N-dealkylation sites (tertiary alicyclic amines) is 1. The standard InChI is InChI=1S/C27H38N2O5/c1-5-34-27(33)21-17(2)13-14-20-22(21)26(32)29(15-8-6-7-9-16-30)24(20)25(31)28-23-18(3)11-10-12-19(23)4/h10-14,17,20-22,24,30H,5-9,15-16H2,1-4H3,(H,28,31)/t17-,20+,21-,22+,24+/m1/s1. The molecule has 5 atom stereocenters. The molecule has 1 fully saturated rings. The fraction of sp³-hybridized carbons (Fsp3) is 0.593. The molecule has 34 heavy (non-hydrogen) atoms. The molecular weight excluding hydrogens is 432 g/mol. The van der Waals surface area contributed by atoms with Gasteiger partial charge >= 0.3 is 5.97 Å². The summed E-state index contributed by atoms with van der Waals surface area (Å²) in [5.74, 6) is -2.49. The van der Waals surface area contributed by atoms with Crippen LogP contribution < -0.4 is 5.32 Å². The third-order valence-corrected chi connectivity index (χ3v) is 7.14. The van der Waals surface area contributed by atoms with Crippen molar-refractivity contribution >= 4 is 23.5 Å². The van der Waals surface area contributed by atoms with Crippen LogP contribution in [0.25, 0.3) is 0 Å². The molecule has 1 aromatic carbocycles. The Hall–Kier alpha value is -2.67. The minimum absolute atomic E-state index is 0.143. The van der Waals surface area contributed by atoms with Crippen molar-refractivity contribution in [3.05, 3.63) is 41.5 Å². The van der Waals surface area contributed by atoms with Crippen LogP contribution in [-0.2, 0) is 19.1 Å². The molecule has 0 spiro atoms. The summed E-state index contributed by atoms with van der Waals surface area (Å²) in [5.41, 5.74) is 2.69. The van der Waals surface area contributed by atoms with E-state index in [0.717, 1.165) is 42.5 Å². The van der Waals surface area contributed by atoms with E-state index in [1.807, 2.05) is 51.1 Å². The van der Waals surface area contributed by atoms with E-state index in [0.29, 0.717) is 6.54 Å². The number of ether oxygens (including phenoxy) is 1. The minimum atomic E-state index is -0.685. The number of hydrogen-bond acceptors (Lipinski definition) is 5. The van der Waals surface area contributed by atoms with Crippen molar-refractivity contribution < 1.29 is 24.2 Å². The molecule has 7 heteroatoms. The number of carbonyl (C=O) groups is 3. The molecule has 0 unspecified atom stereocenters. The van der Waals surface area contributed by atoms with Gasteiger partial charge in [0, 0.05) is 24.8 Å². The Kier molecular flexibility index (Phi) is 8.89. The molecule has 0 radical (unpaired) electrons. The smallest absolute Gasteiger partial charge is 0.310 e. The minimum Gasteiger partial charge on any atom is -0.466 e. The Morgan fingerprint density at radius 2 is 1.76 bits per heavy atom. The van der Waals surface area contributed by atoms with Crippen LogP contribution in [0, 0.1) is 37.5 Å². The zero-order valence-corrected chi connectivity index (χ0v) is 20.8. The van der Waals surface area contributed by atoms with Crippen LogP contribution in [0.5, 0.6) is 0 Å². The number of nitrogens with one attached hydrogen (secondary N) is 1. The van der Waals surface area contributed by atoms with E-state index < -0.39 is 17.9 Å². The second-order valence-corrected chi connectivity index (χ2v) is 9.50. The van der Waals surface area contributed by atoms with Gasteiger partial charge in [-0.2, -0.15) is 0 Å². The molecule has 1 aliphatic heterocycles. The molecule has 186 valence electrons. The van der Waals surface area contributed by atoms with Crippen molar-refractivity contribution in [2.75, 3.05) is 25.1 Å². The summed E-state index contributed by atoms with van der Waals surface area (Å²) in [6, 6.07) is 5.16. The molecular formula is C27H38N2O5. The summed E-state index contributed by atoms with van der Waals surface area (Å²) in [4.78, 5) is 41.9. The summed E-state index contributed by atoms with van der Waals surface area (Å²) in [7, 11) is 0. The number of para-hydroxylation sites is 1. The van der Waals surface area contributed by atoms with E-state index in [1.54, 1.807) is 11.8 Å². The lowest BCUT2D eigenvalue weighted by molar-refractivity contribution is -0.155.